The van der Waals surface area contributed by atoms with E-state index in [1.54, 1.807) is 6.92 Å². The fourth-order valence-electron chi connectivity index (χ4n) is 1.78. The van der Waals surface area contributed by atoms with E-state index in [0.717, 1.165) is 12.0 Å². The third-order valence-corrected chi connectivity index (χ3v) is 2.68. The number of hydrogen-bond donors (Lipinski definition) is 2. The smallest absolute Gasteiger partial charge is 0.0704 e. The molecule has 0 unspecified atom stereocenters. The molecule has 0 aliphatic carbocycles. The van der Waals surface area contributed by atoms with Gasteiger partial charge in [0.2, 0.25) is 0 Å². The highest BCUT2D eigenvalue weighted by atomic mass is 16.3. The maximum absolute atomic E-state index is 9.46. The van der Waals surface area contributed by atoms with E-state index in [9.17, 15) is 5.11 Å². The number of aliphatic hydroxyl groups excluding tert-OH is 1. The molecule has 0 aliphatic rings. The maximum atomic E-state index is 9.46. The monoisotopic (exact) mass is 193 g/mol. The van der Waals surface area contributed by atoms with Gasteiger partial charge in [-0.05, 0) is 37.0 Å². The minimum absolute atomic E-state index is 0.273. The second-order valence-corrected chi connectivity index (χ2v) is 3.76. The average Bonchev–Trinajstić information content (AvgIpc) is 2.16. The van der Waals surface area contributed by atoms with Crippen molar-refractivity contribution < 1.29 is 5.11 Å². The van der Waals surface area contributed by atoms with E-state index >= 15 is 0 Å². The van der Waals surface area contributed by atoms with Gasteiger partial charge in [-0.3, -0.25) is 0 Å². The van der Waals surface area contributed by atoms with E-state index < -0.39 is 6.10 Å². The molecule has 14 heavy (non-hydrogen) atoms. The van der Waals surface area contributed by atoms with Gasteiger partial charge in [0.25, 0.3) is 0 Å². The van der Waals surface area contributed by atoms with Gasteiger partial charge < -0.3 is 10.8 Å². The Balaban J connectivity index is 3.13. The second kappa shape index (κ2) is 4.58. The van der Waals surface area contributed by atoms with Crippen LogP contribution < -0.4 is 5.73 Å². The second-order valence-electron chi connectivity index (χ2n) is 3.76. The van der Waals surface area contributed by atoms with E-state index in [4.69, 9.17) is 5.73 Å². The number of aliphatic hydroxyl groups is 1. The minimum Gasteiger partial charge on any atom is -0.391 e. The summed E-state index contributed by atoms with van der Waals surface area (Å²) in [7, 11) is 0. The largest absolute Gasteiger partial charge is 0.391 e. The molecule has 0 radical (unpaired) electrons. The van der Waals surface area contributed by atoms with Crippen LogP contribution in [0.15, 0.2) is 18.2 Å². The van der Waals surface area contributed by atoms with Crippen LogP contribution in [0.2, 0.25) is 0 Å². The molecule has 0 spiro atoms. The quantitative estimate of drug-likeness (QED) is 0.770. The van der Waals surface area contributed by atoms with Crippen LogP contribution in [0.5, 0.6) is 0 Å². The zero-order valence-corrected chi connectivity index (χ0v) is 9.12. The summed E-state index contributed by atoms with van der Waals surface area (Å²) in [6.07, 6.45) is 0.463. The fourth-order valence-corrected chi connectivity index (χ4v) is 1.78. The highest BCUT2D eigenvalue weighted by Gasteiger charge is 2.15. The Hall–Kier alpha value is -0.860. The van der Waals surface area contributed by atoms with Gasteiger partial charge in [0.15, 0.2) is 0 Å². The molecule has 2 heteroatoms. The fraction of sp³-hybridized carbons (Fsp3) is 0.500. The Labute approximate surface area is 85.8 Å². The molecule has 0 aromatic heterocycles. The SMILES string of the molecule is CCc1c(C)cccc1[C@H](N)[C@H](C)O. The Morgan fingerprint density at radius 1 is 1.43 bits per heavy atom. The Kier molecular flexibility index (Phi) is 3.67. The molecule has 0 saturated heterocycles. The summed E-state index contributed by atoms with van der Waals surface area (Å²) in [6, 6.07) is 5.80. The lowest BCUT2D eigenvalue weighted by Gasteiger charge is -2.19. The molecule has 0 saturated carbocycles. The van der Waals surface area contributed by atoms with Gasteiger partial charge in [-0.15, -0.1) is 0 Å². The van der Waals surface area contributed by atoms with Crippen molar-refractivity contribution in [3.05, 3.63) is 34.9 Å². The molecular formula is C12H19NO. The number of nitrogens with two attached hydrogens (primary N) is 1. The summed E-state index contributed by atoms with van der Waals surface area (Å²) in [4.78, 5) is 0. The van der Waals surface area contributed by atoms with Gasteiger partial charge >= 0.3 is 0 Å². The summed E-state index contributed by atoms with van der Waals surface area (Å²) in [6.45, 7) is 5.92. The van der Waals surface area contributed by atoms with Crippen molar-refractivity contribution in [2.45, 2.75) is 39.3 Å². The first-order chi connectivity index (χ1) is 6.57. The summed E-state index contributed by atoms with van der Waals surface area (Å²) in [5.74, 6) is 0. The normalized spacial score (nSPS) is 15.2. The maximum Gasteiger partial charge on any atom is 0.0704 e. The van der Waals surface area contributed by atoms with Crippen molar-refractivity contribution >= 4 is 0 Å². The van der Waals surface area contributed by atoms with Crippen molar-refractivity contribution in [3.63, 3.8) is 0 Å². The molecule has 0 fully saturated rings. The van der Waals surface area contributed by atoms with Gasteiger partial charge in [0, 0.05) is 0 Å². The Morgan fingerprint density at radius 2 is 2.07 bits per heavy atom. The van der Waals surface area contributed by atoms with Crippen molar-refractivity contribution in [3.8, 4) is 0 Å². The topological polar surface area (TPSA) is 46.2 Å². The Morgan fingerprint density at radius 3 is 2.57 bits per heavy atom. The molecule has 3 N–H and O–H groups in total. The van der Waals surface area contributed by atoms with Gasteiger partial charge in [0.1, 0.15) is 0 Å². The molecule has 78 valence electrons. The van der Waals surface area contributed by atoms with E-state index in [2.05, 4.69) is 19.9 Å². The van der Waals surface area contributed by atoms with Gasteiger partial charge in [-0.25, -0.2) is 0 Å². The first kappa shape index (κ1) is 11.2. The van der Waals surface area contributed by atoms with Crippen LogP contribution in [0.1, 0.15) is 36.6 Å². The molecule has 1 aromatic rings. The highest BCUT2D eigenvalue weighted by molar-refractivity contribution is 5.36. The molecule has 1 rings (SSSR count). The number of rotatable bonds is 3. The zero-order chi connectivity index (χ0) is 10.7. The van der Waals surface area contributed by atoms with Crippen LogP contribution in [0.3, 0.4) is 0 Å². The summed E-state index contributed by atoms with van der Waals surface area (Å²) in [5.41, 5.74) is 9.52. The van der Waals surface area contributed by atoms with E-state index in [1.165, 1.54) is 11.1 Å². The average molecular weight is 193 g/mol. The lowest BCUT2D eigenvalue weighted by Crippen LogP contribution is -2.24. The van der Waals surface area contributed by atoms with Crippen molar-refractivity contribution in [1.29, 1.82) is 0 Å². The van der Waals surface area contributed by atoms with E-state index in [0.29, 0.717) is 0 Å². The molecule has 0 heterocycles. The van der Waals surface area contributed by atoms with Gasteiger partial charge in [0.05, 0.1) is 12.1 Å². The van der Waals surface area contributed by atoms with Crippen LogP contribution in [0.4, 0.5) is 0 Å². The molecule has 0 aliphatic heterocycles. The number of benzene rings is 1. The standard InChI is InChI=1S/C12H19NO/c1-4-10-8(2)6-5-7-11(10)12(13)9(3)14/h5-7,9,12,14H,4,13H2,1-3H3/t9-,12+/m0/s1. The molecule has 0 bridgehead atoms. The molecule has 2 nitrogen and oxygen atoms in total. The van der Waals surface area contributed by atoms with Crippen LogP contribution in [0.25, 0.3) is 0 Å². The lowest BCUT2D eigenvalue weighted by atomic mass is 9.93. The van der Waals surface area contributed by atoms with Gasteiger partial charge in [-0.2, -0.15) is 0 Å². The van der Waals surface area contributed by atoms with E-state index in [-0.39, 0.29) is 6.04 Å². The van der Waals surface area contributed by atoms with Crippen LogP contribution in [0, 0.1) is 6.92 Å². The summed E-state index contributed by atoms with van der Waals surface area (Å²) in [5, 5.41) is 9.46. The van der Waals surface area contributed by atoms with Crippen LogP contribution >= 0.6 is 0 Å². The van der Waals surface area contributed by atoms with Crippen molar-refractivity contribution in [2.75, 3.05) is 0 Å². The predicted molar refractivity (Wildman–Crippen MR) is 59.2 cm³/mol. The number of hydrogen-bond acceptors (Lipinski definition) is 2. The van der Waals surface area contributed by atoms with Crippen molar-refractivity contribution in [2.24, 2.45) is 5.73 Å². The van der Waals surface area contributed by atoms with Crippen LogP contribution in [-0.4, -0.2) is 11.2 Å². The molecule has 1 aromatic carbocycles. The summed E-state index contributed by atoms with van der Waals surface area (Å²) >= 11 is 0. The third kappa shape index (κ3) is 2.14. The third-order valence-electron chi connectivity index (χ3n) is 2.68. The predicted octanol–water partition coefficient (Wildman–Crippen LogP) is 1.94. The Bertz CT molecular complexity index is 307. The number of aryl methyl sites for hydroxylation is 1. The first-order valence-electron chi connectivity index (χ1n) is 5.10. The first-order valence-corrected chi connectivity index (χ1v) is 5.10. The van der Waals surface area contributed by atoms with Crippen LogP contribution in [-0.2, 0) is 6.42 Å². The van der Waals surface area contributed by atoms with E-state index in [1.807, 2.05) is 12.1 Å². The minimum atomic E-state index is -0.498. The van der Waals surface area contributed by atoms with Crippen molar-refractivity contribution in [1.82, 2.24) is 0 Å². The molecule has 2 atom stereocenters. The van der Waals surface area contributed by atoms with Gasteiger partial charge in [-0.1, -0.05) is 25.1 Å². The molecular weight excluding hydrogens is 174 g/mol. The summed E-state index contributed by atoms with van der Waals surface area (Å²) < 4.78 is 0. The molecule has 0 amide bonds. The zero-order valence-electron chi connectivity index (χ0n) is 9.12. The lowest BCUT2D eigenvalue weighted by molar-refractivity contribution is 0.164. The highest BCUT2D eigenvalue weighted by Crippen LogP contribution is 2.22.